The van der Waals surface area contributed by atoms with Crippen LogP contribution < -0.4 is 0 Å². The molecule has 3 heteroatoms. The first-order valence-corrected chi connectivity index (χ1v) is 17.3. The summed E-state index contributed by atoms with van der Waals surface area (Å²) in [5, 5.41) is 2.59. The molecule has 9 rings (SSSR count). The summed E-state index contributed by atoms with van der Waals surface area (Å²) in [6, 6.07) is 64.5. The van der Waals surface area contributed by atoms with Crippen LogP contribution >= 0.6 is 11.3 Å². The highest BCUT2D eigenvalue weighted by Crippen LogP contribution is 2.45. The molecule has 0 unspecified atom stereocenters. The van der Waals surface area contributed by atoms with Gasteiger partial charge in [0.2, 0.25) is 0 Å². The number of nitrogens with zero attached hydrogens (tertiary/aromatic N) is 2. The van der Waals surface area contributed by atoms with Crippen LogP contribution in [0.25, 0.3) is 87.5 Å². The summed E-state index contributed by atoms with van der Waals surface area (Å²) in [5.74, 6) is 0.703. The fourth-order valence-electron chi connectivity index (χ4n) is 6.73. The molecule has 2 heterocycles. The second-order valence-electron chi connectivity index (χ2n) is 12.2. The lowest BCUT2D eigenvalue weighted by Gasteiger charge is -2.19. The predicted molar refractivity (Wildman–Crippen MR) is 208 cm³/mol. The lowest BCUT2D eigenvalue weighted by Crippen LogP contribution is -1.99. The van der Waals surface area contributed by atoms with E-state index in [4.69, 9.17) is 9.97 Å². The van der Waals surface area contributed by atoms with Gasteiger partial charge in [0.15, 0.2) is 5.82 Å². The molecular weight excluding hydrogens is 613 g/mol. The van der Waals surface area contributed by atoms with Gasteiger partial charge in [-0.3, -0.25) is 0 Å². The molecule has 0 bridgehead atoms. The summed E-state index contributed by atoms with van der Waals surface area (Å²) in [7, 11) is 0. The van der Waals surface area contributed by atoms with E-state index in [-0.39, 0.29) is 0 Å². The Kier molecular flexibility index (Phi) is 7.38. The molecule has 2 aromatic heterocycles. The van der Waals surface area contributed by atoms with Crippen molar-refractivity contribution in [1.82, 2.24) is 9.97 Å². The molecular formula is C46H30N2S. The zero-order valence-corrected chi connectivity index (χ0v) is 27.4. The summed E-state index contributed by atoms with van der Waals surface area (Å²) in [6.45, 7) is 0. The maximum atomic E-state index is 5.33. The van der Waals surface area contributed by atoms with Crippen molar-refractivity contribution in [3.63, 3.8) is 0 Å². The minimum Gasteiger partial charge on any atom is -0.228 e. The molecule has 0 atom stereocenters. The summed E-state index contributed by atoms with van der Waals surface area (Å²) >= 11 is 1.85. The Balaban J connectivity index is 1.35. The van der Waals surface area contributed by atoms with E-state index < -0.39 is 0 Å². The molecule has 230 valence electrons. The molecule has 49 heavy (non-hydrogen) atoms. The summed E-state index contributed by atoms with van der Waals surface area (Å²) in [5.41, 5.74) is 11.8. The summed E-state index contributed by atoms with van der Waals surface area (Å²) < 4.78 is 2.61. The quantitative estimate of drug-likeness (QED) is 0.180. The molecule has 0 radical (unpaired) electrons. The predicted octanol–water partition coefficient (Wildman–Crippen LogP) is 12.8. The zero-order valence-electron chi connectivity index (χ0n) is 26.6. The number of hydrogen-bond acceptors (Lipinski definition) is 3. The van der Waals surface area contributed by atoms with E-state index in [2.05, 4.69) is 158 Å². The van der Waals surface area contributed by atoms with Crippen LogP contribution in [0.5, 0.6) is 0 Å². The number of thiophene rings is 1. The summed E-state index contributed by atoms with van der Waals surface area (Å²) in [4.78, 5) is 10.4. The number of hydrogen-bond donors (Lipinski definition) is 0. The van der Waals surface area contributed by atoms with Crippen molar-refractivity contribution in [3.8, 4) is 67.3 Å². The van der Waals surface area contributed by atoms with E-state index in [9.17, 15) is 0 Å². The minimum absolute atomic E-state index is 0.703. The maximum Gasteiger partial charge on any atom is 0.160 e. The molecule has 7 aromatic carbocycles. The van der Waals surface area contributed by atoms with Crippen molar-refractivity contribution in [1.29, 1.82) is 0 Å². The number of aromatic nitrogens is 2. The lowest BCUT2D eigenvalue weighted by atomic mass is 9.86. The van der Waals surface area contributed by atoms with E-state index in [0.717, 1.165) is 50.3 Å². The topological polar surface area (TPSA) is 25.8 Å². The van der Waals surface area contributed by atoms with Crippen molar-refractivity contribution in [2.24, 2.45) is 0 Å². The van der Waals surface area contributed by atoms with E-state index in [1.54, 1.807) is 0 Å². The number of rotatable bonds is 6. The summed E-state index contributed by atoms with van der Waals surface area (Å²) in [6.07, 6.45) is 0. The first kappa shape index (κ1) is 29.0. The van der Waals surface area contributed by atoms with Crippen LogP contribution in [0.4, 0.5) is 0 Å². The fourth-order valence-corrected chi connectivity index (χ4v) is 7.82. The third-order valence-electron chi connectivity index (χ3n) is 9.10. The first-order valence-electron chi connectivity index (χ1n) is 16.5. The van der Waals surface area contributed by atoms with Crippen molar-refractivity contribution in [2.45, 2.75) is 0 Å². The minimum atomic E-state index is 0.703. The molecule has 0 saturated heterocycles. The zero-order chi connectivity index (χ0) is 32.6. The highest BCUT2D eigenvalue weighted by Gasteiger charge is 2.21. The third-order valence-corrected chi connectivity index (χ3v) is 10.3. The lowest BCUT2D eigenvalue weighted by molar-refractivity contribution is 1.18. The van der Waals surface area contributed by atoms with Gasteiger partial charge in [0.05, 0.1) is 11.4 Å². The van der Waals surface area contributed by atoms with Gasteiger partial charge in [-0.1, -0.05) is 146 Å². The Morgan fingerprint density at radius 1 is 0.327 bits per heavy atom. The standard InChI is InChI=1S/C46H30N2S/c1-5-15-31(16-6-1)38-28-36(35-25-26-44-40(27-35)37-23-13-14-24-43(37)49-44)29-39(32-17-7-2-8-18-32)45(38)42-30-41(33-19-9-3-10-20-33)47-46(48-42)34-21-11-4-12-22-34/h1-30H. The van der Waals surface area contributed by atoms with Crippen molar-refractivity contribution in [2.75, 3.05) is 0 Å². The fraction of sp³-hybridized carbons (Fsp3) is 0. The molecule has 9 aromatic rings. The van der Waals surface area contributed by atoms with Crippen LogP contribution in [-0.2, 0) is 0 Å². The van der Waals surface area contributed by atoms with Crippen LogP contribution in [0.15, 0.2) is 182 Å². The molecule has 0 spiro atoms. The molecule has 0 N–H and O–H groups in total. The Labute approximate surface area is 289 Å². The van der Waals surface area contributed by atoms with Gasteiger partial charge in [0.1, 0.15) is 0 Å². The number of fused-ring (bicyclic) bond motifs is 3. The van der Waals surface area contributed by atoms with Crippen molar-refractivity contribution < 1.29 is 0 Å². The first-order chi connectivity index (χ1) is 24.3. The van der Waals surface area contributed by atoms with Crippen LogP contribution in [0.3, 0.4) is 0 Å². The van der Waals surface area contributed by atoms with Crippen molar-refractivity contribution >= 4 is 31.5 Å². The van der Waals surface area contributed by atoms with Gasteiger partial charge >= 0.3 is 0 Å². The van der Waals surface area contributed by atoms with Gasteiger partial charge in [0, 0.05) is 36.9 Å². The van der Waals surface area contributed by atoms with E-state index in [0.29, 0.717) is 5.82 Å². The number of benzene rings is 7. The smallest absolute Gasteiger partial charge is 0.160 e. The normalized spacial score (nSPS) is 11.3. The second-order valence-corrected chi connectivity index (χ2v) is 13.3. The van der Waals surface area contributed by atoms with Crippen LogP contribution in [0.1, 0.15) is 0 Å². The third kappa shape index (κ3) is 5.50. The largest absolute Gasteiger partial charge is 0.228 e. The van der Waals surface area contributed by atoms with E-state index in [1.165, 1.54) is 31.3 Å². The van der Waals surface area contributed by atoms with Gasteiger partial charge in [0.25, 0.3) is 0 Å². The maximum absolute atomic E-state index is 5.33. The molecule has 0 fully saturated rings. The molecule has 0 saturated carbocycles. The highest BCUT2D eigenvalue weighted by atomic mass is 32.1. The highest BCUT2D eigenvalue weighted by molar-refractivity contribution is 7.25. The van der Waals surface area contributed by atoms with E-state index in [1.807, 2.05) is 35.6 Å². The van der Waals surface area contributed by atoms with Gasteiger partial charge in [-0.25, -0.2) is 9.97 Å². The Morgan fingerprint density at radius 3 is 1.47 bits per heavy atom. The SMILES string of the molecule is c1ccc(-c2cc(-c3c(-c4ccccc4)cc(-c4ccc5sc6ccccc6c5c4)cc3-c3ccccc3)nc(-c3ccccc3)n2)cc1. The molecule has 0 aliphatic rings. The molecule has 0 amide bonds. The molecule has 2 nitrogen and oxygen atoms in total. The Morgan fingerprint density at radius 2 is 0.837 bits per heavy atom. The van der Waals surface area contributed by atoms with Crippen LogP contribution in [-0.4, -0.2) is 9.97 Å². The second kappa shape index (κ2) is 12.5. The van der Waals surface area contributed by atoms with Gasteiger partial charge < -0.3 is 0 Å². The molecule has 0 aliphatic heterocycles. The van der Waals surface area contributed by atoms with E-state index >= 15 is 0 Å². The average Bonchev–Trinajstić information content (AvgIpc) is 3.57. The molecule has 0 aliphatic carbocycles. The monoisotopic (exact) mass is 642 g/mol. The van der Waals surface area contributed by atoms with Gasteiger partial charge in [-0.15, -0.1) is 11.3 Å². The van der Waals surface area contributed by atoms with Crippen molar-refractivity contribution in [3.05, 3.63) is 182 Å². The van der Waals surface area contributed by atoms with Gasteiger partial charge in [-0.2, -0.15) is 0 Å². The Hall–Kier alpha value is -6.16. The van der Waals surface area contributed by atoms with Crippen LogP contribution in [0.2, 0.25) is 0 Å². The average molecular weight is 643 g/mol. The Bertz CT molecular complexity index is 2460. The van der Waals surface area contributed by atoms with Crippen LogP contribution in [0, 0.1) is 0 Å². The van der Waals surface area contributed by atoms with Gasteiger partial charge in [-0.05, 0) is 69.8 Å².